The Morgan fingerprint density at radius 1 is 1.31 bits per heavy atom. The van der Waals surface area contributed by atoms with Gasteiger partial charge in [0, 0.05) is 12.6 Å². The summed E-state index contributed by atoms with van der Waals surface area (Å²) >= 11 is 1.43. The number of amides is 1. The minimum atomic E-state index is -0.216. The Kier molecular flexibility index (Phi) is 6.55. The molecule has 0 bridgehead atoms. The molecule has 1 aromatic carbocycles. The van der Waals surface area contributed by atoms with E-state index in [0.717, 1.165) is 36.1 Å². The molecule has 1 N–H and O–H groups in total. The van der Waals surface area contributed by atoms with Gasteiger partial charge in [0.25, 0.3) is 0 Å². The van der Waals surface area contributed by atoms with Gasteiger partial charge in [0.05, 0.1) is 5.75 Å². The van der Waals surface area contributed by atoms with Crippen molar-refractivity contribution < 1.29 is 9.53 Å². The highest BCUT2D eigenvalue weighted by molar-refractivity contribution is 7.99. The van der Waals surface area contributed by atoms with Crippen LogP contribution in [0.25, 0.3) is 0 Å². The van der Waals surface area contributed by atoms with Gasteiger partial charge in [-0.2, -0.15) is 0 Å². The van der Waals surface area contributed by atoms with E-state index in [9.17, 15) is 4.79 Å². The molecule has 3 rings (SSSR count). The van der Waals surface area contributed by atoms with Crippen molar-refractivity contribution in [3.63, 3.8) is 0 Å². The maximum Gasteiger partial charge on any atom is 0.230 e. The van der Waals surface area contributed by atoms with Crippen molar-refractivity contribution in [3.8, 4) is 5.75 Å². The lowest BCUT2D eigenvalue weighted by Crippen LogP contribution is -2.33. The molecule has 0 saturated heterocycles. The number of hydrogen-bond donors (Lipinski definition) is 1. The van der Waals surface area contributed by atoms with Crippen LogP contribution in [-0.4, -0.2) is 32.5 Å². The maximum absolute atomic E-state index is 12.1. The van der Waals surface area contributed by atoms with Crippen molar-refractivity contribution in [1.82, 2.24) is 20.1 Å². The summed E-state index contributed by atoms with van der Waals surface area (Å²) in [7, 11) is 0. The molecule has 0 aliphatic heterocycles. The summed E-state index contributed by atoms with van der Waals surface area (Å²) in [4.78, 5) is 12.1. The lowest BCUT2D eigenvalue weighted by Gasteiger charge is -2.15. The van der Waals surface area contributed by atoms with Crippen molar-refractivity contribution in [2.24, 2.45) is 0 Å². The largest absolute Gasteiger partial charge is 0.483 e. The molecule has 0 radical (unpaired) electrons. The smallest absolute Gasteiger partial charge is 0.230 e. The maximum atomic E-state index is 12.1. The average molecular weight is 375 g/mol. The molecule has 1 saturated carbocycles. The summed E-state index contributed by atoms with van der Waals surface area (Å²) in [6, 6.07) is 10.0. The molecule has 1 aromatic heterocycles. The SMILES string of the molecule is CCn1c(SCC(=O)NC2CCCC2)nnc1C(C)Oc1ccccc1. The van der Waals surface area contributed by atoms with Gasteiger partial charge in [0.2, 0.25) is 5.91 Å². The zero-order valence-electron chi connectivity index (χ0n) is 15.4. The van der Waals surface area contributed by atoms with Gasteiger partial charge < -0.3 is 14.6 Å². The summed E-state index contributed by atoms with van der Waals surface area (Å²) in [5.74, 6) is 2.01. The monoisotopic (exact) mass is 374 g/mol. The number of ether oxygens (including phenoxy) is 1. The lowest BCUT2D eigenvalue weighted by molar-refractivity contribution is -0.119. The number of nitrogens with one attached hydrogen (secondary N) is 1. The van der Waals surface area contributed by atoms with E-state index in [1.807, 2.05) is 48.7 Å². The Balaban J connectivity index is 1.59. The van der Waals surface area contributed by atoms with Crippen LogP contribution >= 0.6 is 11.8 Å². The predicted molar refractivity (Wildman–Crippen MR) is 102 cm³/mol. The van der Waals surface area contributed by atoms with E-state index in [1.54, 1.807) is 0 Å². The molecule has 1 aliphatic carbocycles. The van der Waals surface area contributed by atoms with E-state index in [-0.39, 0.29) is 12.0 Å². The summed E-state index contributed by atoms with van der Waals surface area (Å²) in [5, 5.41) is 12.4. The number of benzene rings is 1. The van der Waals surface area contributed by atoms with Crippen LogP contribution in [0.4, 0.5) is 0 Å². The van der Waals surface area contributed by atoms with Crippen molar-refractivity contribution in [1.29, 1.82) is 0 Å². The van der Waals surface area contributed by atoms with E-state index in [2.05, 4.69) is 15.5 Å². The molecular formula is C19H26N4O2S. The first-order valence-corrected chi connectivity index (χ1v) is 10.2. The van der Waals surface area contributed by atoms with Gasteiger partial charge in [0.15, 0.2) is 17.1 Å². The second-order valence-corrected chi connectivity index (χ2v) is 7.44. The molecule has 140 valence electrons. The molecule has 26 heavy (non-hydrogen) atoms. The fourth-order valence-corrected chi connectivity index (χ4v) is 4.05. The van der Waals surface area contributed by atoms with Crippen LogP contribution in [0.5, 0.6) is 5.75 Å². The van der Waals surface area contributed by atoms with Gasteiger partial charge in [-0.1, -0.05) is 42.8 Å². The number of thioether (sulfide) groups is 1. The Hall–Kier alpha value is -2.02. The Morgan fingerprint density at radius 3 is 2.73 bits per heavy atom. The van der Waals surface area contributed by atoms with Gasteiger partial charge in [-0.3, -0.25) is 4.79 Å². The molecule has 7 heteroatoms. The summed E-state index contributed by atoms with van der Waals surface area (Å²) in [6.07, 6.45) is 4.40. The zero-order valence-corrected chi connectivity index (χ0v) is 16.2. The van der Waals surface area contributed by atoms with E-state index < -0.39 is 0 Å². The van der Waals surface area contributed by atoms with Gasteiger partial charge >= 0.3 is 0 Å². The molecule has 1 aliphatic rings. The van der Waals surface area contributed by atoms with Crippen LogP contribution in [0.1, 0.15) is 51.5 Å². The van der Waals surface area contributed by atoms with Gasteiger partial charge in [-0.15, -0.1) is 10.2 Å². The van der Waals surface area contributed by atoms with Crippen LogP contribution < -0.4 is 10.1 Å². The lowest BCUT2D eigenvalue weighted by atomic mass is 10.2. The highest BCUT2D eigenvalue weighted by Gasteiger charge is 2.21. The fraction of sp³-hybridized carbons (Fsp3) is 0.526. The van der Waals surface area contributed by atoms with Crippen LogP contribution in [0.2, 0.25) is 0 Å². The fourth-order valence-electron chi connectivity index (χ4n) is 3.23. The van der Waals surface area contributed by atoms with E-state index in [1.165, 1.54) is 24.6 Å². The first-order valence-electron chi connectivity index (χ1n) is 9.24. The number of hydrogen-bond acceptors (Lipinski definition) is 5. The van der Waals surface area contributed by atoms with E-state index in [0.29, 0.717) is 11.8 Å². The van der Waals surface area contributed by atoms with Crippen molar-refractivity contribution in [2.75, 3.05) is 5.75 Å². The quantitative estimate of drug-likeness (QED) is 0.715. The first-order chi connectivity index (χ1) is 12.7. The van der Waals surface area contributed by atoms with Crippen molar-refractivity contribution in [3.05, 3.63) is 36.2 Å². The summed E-state index contributed by atoms with van der Waals surface area (Å²) in [5.41, 5.74) is 0. The number of aromatic nitrogens is 3. The highest BCUT2D eigenvalue weighted by atomic mass is 32.2. The number of rotatable bonds is 8. The van der Waals surface area contributed by atoms with Crippen LogP contribution in [0, 0.1) is 0 Å². The van der Waals surface area contributed by atoms with Crippen LogP contribution in [-0.2, 0) is 11.3 Å². The topological polar surface area (TPSA) is 69.0 Å². The van der Waals surface area contributed by atoms with Crippen molar-refractivity contribution in [2.45, 2.75) is 63.4 Å². The molecule has 6 nitrogen and oxygen atoms in total. The first kappa shape index (κ1) is 18.8. The molecular weight excluding hydrogens is 348 g/mol. The average Bonchev–Trinajstić information content (AvgIpc) is 3.30. The Bertz CT molecular complexity index is 714. The third kappa shape index (κ3) is 4.78. The van der Waals surface area contributed by atoms with Gasteiger partial charge in [0.1, 0.15) is 5.75 Å². The molecule has 1 heterocycles. The summed E-state index contributed by atoms with van der Waals surface area (Å²) < 4.78 is 7.97. The molecule has 1 amide bonds. The molecule has 0 spiro atoms. The Labute approximate surface area is 158 Å². The van der Waals surface area contributed by atoms with Crippen LogP contribution in [0.3, 0.4) is 0 Å². The molecule has 1 fully saturated rings. The standard InChI is InChI=1S/C19H26N4O2S/c1-3-23-18(14(2)25-16-11-5-4-6-12-16)21-22-19(23)26-13-17(24)20-15-9-7-8-10-15/h4-6,11-12,14-15H,3,7-10,13H2,1-2H3,(H,20,24). The number of carbonyl (C=O) groups is 1. The zero-order chi connectivity index (χ0) is 18.4. The number of para-hydroxylation sites is 1. The number of carbonyl (C=O) groups excluding carboxylic acids is 1. The normalized spacial score (nSPS) is 15.8. The predicted octanol–water partition coefficient (Wildman–Crippen LogP) is 3.59. The second kappa shape index (κ2) is 9.07. The molecule has 1 unspecified atom stereocenters. The number of nitrogens with zero attached hydrogens (tertiary/aromatic N) is 3. The van der Waals surface area contributed by atoms with Gasteiger partial charge in [-0.25, -0.2) is 0 Å². The van der Waals surface area contributed by atoms with Crippen molar-refractivity contribution >= 4 is 17.7 Å². The second-order valence-electron chi connectivity index (χ2n) is 6.50. The third-order valence-corrected chi connectivity index (χ3v) is 5.50. The highest BCUT2D eigenvalue weighted by Crippen LogP contribution is 2.24. The summed E-state index contributed by atoms with van der Waals surface area (Å²) in [6.45, 7) is 4.74. The Morgan fingerprint density at radius 2 is 2.04 bits per heavy atom. The molecule has 1 atom stereocenters. The van der Waals surface area contributed by atoms with Crippen LogP contribution in [0.15, 0.2) is 35.5 Å². The third-order valence-electron chi connectivity index (χ3n) is 4.53. The van der Waals surface area contributed by atoms with E-state index in [4.69, 9.17) is 4.74 Å². The minimum absolute atomic E-state index is 0.0719. The van der Waals surface area contributed by atoms with Gasteiger partial charge in [-0.05, 0) is 38.8 Å². The van der Waals surface area contributed by atoms with E-state index >= 15 is 0 Å². The minimum Gasteiger partial charge on any atom is -0.483 e. The molecule has 2 aromatic rings.